The zero-order valence-electron chi connectivity index (χ0n) is 15.5. The Morgan fingerprint density at radius 1 is 1.22 bits per heavy atom. The number of non-ortho nitro benzene ring substituents is 1. The molecule has 0 aliphatic heterocycles. The number of carbonyl (C=O) groups excluding carboxylic acids is 2. The molecular formula is C18H22N2O7. The third-order valence-electron chi connectivity index (χ3n) is 4.67. The van der Waals surface area contributed by atoms with Gasteiger partial charge in [-0.05, 0) is 39.2 Å². The summed E-state index contributed by atoms with van der Waals surface area (Å²) in [6.07, 6.45) is 0.718. The number of nitro benzene ring substituents is 1. The van der Waals surface area contributed by atoms with Crippen molar-refractivity contribution in [2.24, 2.45) is 5.41 Å². The second-order valence-electron chi connectivity index (χ2n) is 7.67. The van der Waals surface area contributed by atoms with Crippen molar-refractivity contribution in [3.8, 4) is 0 Å². The minimum absolute atomic E-state index is 0.139. The first-order valence-corrected chi connectivity index (χ1v) is 8.60. The van der Waals surface area contributed by atoms with E-state index in [9.17, 15) is 29.8 Å². The molecule has 1 aliphatic carbocycles. The summed E-state index contributed by atoms with van der Waals surface area (Å²) < 4.78 is 5.45. The molecule has 0 N–H and O–H groups in total. The van der Waals surface area contributed by atoms with Crippen LogP contribution >= 0.6 is 0 Å². The van der Waals surface area contributed by atoms with E-state index in [0.29, 0.717) is 12.0 Å². The lowest BCUT2D eigenvalue weighted by molar-refractivity contribution is -0.485. The van der Waals surface area contributed by atoms with Gasteiger partial charge < -0.3 is 4.74 Å². The molecule has 1 saturated carbocycles. The maximum Gasteiger partial charge on any atom is 0.321 e. The van der Waals surface area contributed by atoms with Crippen LogP contribution < -0.4 is 0 Å². The van der Waals surface area contributed by atoms with Gasteiger partial charge in [-0.3, -0.25) is 29.8 Å². The van der Waals surface area contributed by atoms with Crippen LogP contribution in [0.25, 0.3) is 0 Å². The Kier molecular flexibility index (Phi) is 5.62. The highest BCUT2D eigenvalue weighted by Crippen LogP contribution is 2.48. The normalized spacial score (nSPS) is 20.9. The van der Waals surface area contributed by atoms with E-state index in [1.165, 1.54) is 24.3 Å². The number of carbonyl (C=O) groups is 2. The first-order valence-electron chi connectivity index (χ1n) is 8.60. The first-order chi connectivity index (χ1) is 12.5. The van der Waals surface area contributed by atoms with Crippen LogP contribution in [0.5, 0.6) is 0 Å². The highest BCUT2D eigenvalue weighted by atomic mass is 16.6. The van der Waals surface area contributed by atoms with Gasteiger partial charge in [-0.25, -0.2) is 0 Å². The van der Waals surface area contributed by atoms with Crippen LogP contribution in [0.2, 0.25) is 0 Å². The van der Waals surface area contributed by atoms with E-state index in [-0.39, 0.29) is 24.3 Å². The Balaban J connectivity index is 2.55. The van der Waals surface area contributed by atoms with E-state index in [1.54, 1.807) is 20.8 Å². The summed E-state index contributed by atoms with van der Waals surface area (Å²) in [4.78, 5) is 46.8. The Morgan fingerprint density at radius 3 is 2.22 bits per heavy atom. The predicted molar refractivity (Wildman–Crippen MR) is 94.8 cm³/mol. The van der Waals surface area contributed by atoms with Gasteiger partial charge in [-0.15, -0.1) is 0 Å². The maximum atomic E-state index is 13.0. The predicted octanol–water partition coefficient (Wildman–Crippen LogP) is 3.04. The minimum Gasteiger partial charge on any atom is -0.459 e. The molecule has 2 atom stereocenters. The second kappa shape index (κ2) is 7.42. The summed E-state index contributed by atoms with van der Waals surface area (Å²) in [6, 6.07) is 5.16. The van der Waals surface area contributed by atoms with E-state index >= 15 is 0 Å². The molecule has 1 aromatic carbocycles. The zero-order chi connectivity index (χ0) is 20.4. The smallest absolute Gasteiger partial charge is 0.321 e. The van der Waals surface area contributed by atoms with Gasteiger partial charge >= 0.3 is 5.97 Å². The summed E-state index contributed by atoms with van der Waals surface area (Å²) in [6.45, 7) is 4.33. The van der Waals surface area contributed by atoms with Crippen molar-refractivity contribution in [2.75, 3.05) is 6.54 Å². The molecule has 146 valence electrons. The topological polar surface area (TPSA) is 130 Å². The molecular weight excluding hydrogens is 356 g/mol. The van der Waals surface area contributed by atoms with Gasteiger partial charge in [0.15, 0.2) is 5.78 Å². The number of hydrogen-bond donors (Lipinski definition) is 0. The number of rotatable bonds is 6. The van der Waals surface area contributed by atoms with Gasteiger partial charge in [0.05, 0.1) is 10.8 Å². The van der Waals surface area contributed by atoms with Gasteiger partial charge in [0.25, 0.3) is 5.69 Å². The number of nitrogens with zero attached hydrogens (tertiary/aromatic N) is 2. The number of benzene rings is 1. The third kappa shape index (κ3) is 4.29. The summed E-state index contributed by atoms with van der Waals surface area (Å²) in [5, 5.41) is 22.2. The van der Waals surface area contributed by atoms with Crippen molar-refractivity contribution in [1.29, 1.82) is 0 Å². The molecule has 27 heavy (non-hydrogen) atoms. The van der Waals surface area contributed by atoms with E-state index in [1.807, 2.05) is 0 Å². The lowest BCUT2D eigenvalue weighted by Crippen LogP contribution is -2.47. The Morgan fingerprint density at radius 2 is 1.81 bits per heavy atom. The lowest BCUT2D eigenvalue weighted by Gasteiger charge is -2.34. The average Bonchev–Trinajstić information content (AvgIpc) is 2.93. The van der Waals surface area contributed by atoms with Crippen LogP contribution in [0, 0.1) is 25.6 Å². The first kappa shape index (κ1) is 20.5. The third-order valence-corrected chi connectivity index (χ3v) is 4.67. The monoisotopic (exact) mass is 378 g/mol. The quantitative estimate of drug-likeness (QED) is 0.322. The highest BCUT2D eigenvalue weighted by molar-refractivity contribution is 6.06. The van der Waals surface area contributed by atoms with Crippen molar-refractivity contribution in [2.45, 2.75) is 51.6 Å². The van der Waals surface area contributed by atoms with E-state index in [0.717, 1.165) is 0 Å². The molecule has 2 rings (SSSR count). The Labute approximate surface area is 156 Å². The molecule has 0 saturated heterocycles. The number of nitro groups is 2. The van der Waals surface area contributed by atoms with Crippen LogP contribution in [0.15, 0.2) is 24.3 Å². The zero-order valence-corrected chi connectivity index (χ0v) is 15.5. The van der Waals surface area contributed by atoms with Gasteiger partial charge in [0.1, 0.15) is 11.0 Å². The van der Waals surface area contributed by atoms with Crippen LogP contribution in [0.4, 0.5) is 5.69 Å². The number of hydrogen-bond acceptors (Lipinski definition) is 7. The van der Waals surface area contributed by atoms with Crippen molar-refractivity contribution < 1.29 is 24.2 Å². The molecule has 0 aromatic heterocycles. The molecule has 0 heterocycles. The average molecular weight is 378 g/mol. The molecule has 1 fully saturated rings. The fourth-order valence-electron chi connectivity index (χ4n) is 3.51. The molecule has 0 unspecified atom stereocenters. The summed E-state index contributed by atoms with van der Waals surface area (Å²) in [7, 11) is 0. The highest BCUT2D eigenvalue weighted by Gasteiger charge is 2.58. The molecule has 1 aliphatic rings. The summed E-state index contributed by atoms with van der Waals surface area (Å²) in [5.74, 6) is -2.22. The lowest BCUT2D eigenvalue weighted by atomic mass is 9.69. The van der Waals surface area contributed by atoms with E-state index in [4.69, 9.17) is 4.74 Å². The van der Waals surface area contributed by atoms with Crippen LogP contribution in [0.1, 0.15) is 51.5 Å². The Hall–Kier alpha value is -2.84. The Bertz CT molecular complexity index is 767. The summed E-state index contributed by atoms with van der Waals surface area (Å²) in [5.41, 5.74) is -2.36. The van der Waals surface area contributed by atoms with Crippen LogP contribution in [-0.2, 0) is 14.3 Å². The molecule has 9 nitrogen and oxygen atoms in total. The van der Waals surface area contributed by atoms with Gasteiger partial charge in [-0.1, -0.05) is 12.1 Å². The van der Waals surface area contributed by atoms with Gasteiger partial charge in [0.2, 0.25) is 6.54 Å². The SMILES string of the molecule is CC(C)(C)OC(=O)[C@@]1([C@@H](C[N+](=O)[O-])c2ccc([N+](=O)[O-])cc2)CCCC1=O. The molecule has 0 spiro atoms. The van der Waals surface area contributed by atoms with Crippen molar-refractivity contribution >= 4 is 17.4 Å². The molecule has 9 heteroatoms. The minimum atomic E-state index is -1.66. The fraction of sp³-hybridized carbons (Fsp3) is 0.556. The molecule has 1 aromatic rings. The van der Waals surface area contributed by atoms with E-state index in [2.05, 4.69) is 0 Å². The number of esters is 1. The number of Topliss-reactive ketones (excluding diaryl/α,β-unsaturated/α-hetero) is 1. The van der Waals surface area contributed by atoms with Crippen molar-refractivity contribution in [1.82, 2.24) is 0 Å². The summed E-state index contributed by atoms with van der Waals surface area (Å²) >= 11 is 0. The van der Waals surface area contributed by atoms with Gasteiger partial charge in [0, 0.05) is 23.5 Å². The van der Waals surface area contributed by atoms with E-state index < -0.39 is 39.3 Å². The fourth-order valence-corrected chi connectivity index (χ4v) is 3.51. The standard InChI is InChI=1S/C18H22N2O7/c1-17(2,3)27-16(22)18(10-4-5-15(18)21)14(11-19(23)24)12-6-8-13(9-7-12)20(25)26/h6-9,14H,4-5,10-11H2,1-3H3/t14-,18+/m0/s1. The number of ether oxygens (including phenoxy) is 1. The second-order valence-corrected chi connectivity index (χ2v) is 7.67. The molecule has 0 bridgehead atoms. The molecule has 0 radical (unpaired) electrons. The van der Waals surface area contributed by atoms with Crippen molar-refractivity contribution in [3.05, 3.63) is 50.1 Å². The number of ketones is 1. The van der Waals surface area contributed by atoms with Crippen molar-refractivity contribution in [3.63, 3.8) is 0 Å². The molecule has 0 amide bonds. The van der Waals surface area contributed by atoms with Crippen LogP contribution in [-0.4, -0.2) is 33.7 Å². The largest absolute Gasteiger partial charge is 0.459 e. The van der Waals surface area contributed by atoms with Crippen LogP contribution in [0.3, 0.4) is 0 Å². The maximum absolute atomic E-state index is 13.0. The van der Waals surface area contributed by atoms with Gasteiger partial charge in [-0.2, -0.15) is 0 Å².